The summed E-state index contributed by atoms with van der Waals surface area (Å²) in [6, 6.07) is 9.57. The minimum atomic E-state index is -3.69. The quantitative estimate of drug-likeness (QED) is 0.802. The number of hydrogen-bond acceptors (Lipinski definition) is 5. The van der Waals surface area contributed by atoms with Crippen LogP contribution >= 0.6 is 0 Å². The van der Waals surface area contributed by atoms with Gasteiger partial charge >= 0.3 is 0 Å². The number of rotatable bonds is 4. The van der Waals surface area contributed by atoms with Gasteiger partial charge in [0, 0.05) is 24.2 Å². The highest BCUT2D eigenvalue weighted by molar-refractivity contribution is 7.90. The molecule has 2 aliphatic rings. The van der Waals surface area contributed by atoms with Crippen LogP contribution < -0.4 is 4.72 Å². The smallest absolute Gasteiger partial charge is 0.263 e. The third-order valence-electron chi connectivity index (χ3n) is 5.31. The standard InChI is InChI=1S/C21H23F2N3O3S/c1-13-11-26(12-14(2)29-13)18(20-16(22)7-5-8-17(20)23)10-24-21-15-6-3-4-9-19(15)30(27,28)25-21/h3-9,13-14,18H,10-12H2,1-2H3,(H,24,25). The van der Waals surface area contributed by atoms with E-state index in [0.29, 0.717) is 18.7 Å². The van der Waals surface area contributed by atoms with Crippen LogP contribution in [0.3, 0.4) is 0 Å². The monoisotopic (exact) mass is 435 g/mol. The van der Waals surface area contributed by atoms with E-state index in [2.05, 4.69) is 9.71 Å². The third-order valence-corrected chi connectivity index (χ3v) is 6.70. The molecular formula is C21H23F2N3O3S. The number of nitrogens with one attached hydrogen (secondary N) is 1. The highest BCUT2D eigenvalue weighted by Gasteiger charge is 2.34. The van der Waals surface area contributed by atoms with Crippen LogP contribution in [0.2, 0.25) is 0 Å². The molecule has 2 aromatic carbocycles. The van der Waals surface area contributed by atoms with Crippen LogP contribution in [0.1, 0.15) is 31.0 Å². The summed E-state index contributed by atoms with van der Waals surface area (Å²) < 4.78 is 62.2. The lowest BCUT2D eigenvalue weighted by Crippen LogP contribution is -2.48. The van der Waals surface area contributed by atoms with Gasteiger partial charge in [-0.3, -0.25) is 14.6 Å². The maximum absolute atomic E-state index is 14.7. The molecule has 3 unspecified atom stereocenters. The average Bonchev–Trinajstić information content (AvgIpc) is 2.94. The van der Waals surface area contributed by atoms with Crippen molar-refractivity contribution in [2.45, 2.75) is 37.0 Å². The first kappa shape index (κ1) is 20.9. The van der Waals surface area contributed by atoms with Gasteiger partial charge in [0.05, 0.1) is 29.7 Å². The SMILES string of the molecule is CC1CN(C(CN=C2NS(=O)(=O)c3ccccc32)c2c(F)cccc2F)CC(C)O1. The molecule has 0 spiro atoms. The molecule has 9 heteroatoms. The van der Waals surface area contributed by atoms with Crippen LogP contribution in [0, 0.1) is 11.6 Å². The molecule has 1 fully saturated rings. The Morgan fingerprint density at radius 2 is 1.73 bits per heavy atom. The minimum absolute atomic E-state index is 0.0104. The molecule has 160 valence electrons. The van der Waals surface area contributed by atoms with Crippen molar-refractivity contribution < 1.29 is 21.9 Å². The molecule has 30 heavy (non-hydrogen) atoms. The molecular weight excluding hydrogens is 412 g/mol. The third kappa shape index (κ3) is 3.97. The number of morpholine rings is 1. The predicted molar refractivity (Wildman–Crippen MR) is 109 cm³/mol. The second kappa shape index (κ2) is 8.05. The lowest BCUT2D eigenvalue weighted by atomic mass is 10.0. The number of hydrogen-bond donors (Lipinski definition) is 1. The Balaban J connectivity index is 1.72. The van der Waals surface area contributed by atoms with Crippen molar-refractivity contribution in [1.82, 2.24) is 9.62 Å². The van der Waals surface area contributed by atoms with E-state index in [4.69, 9.17) is 4.74 Å². The van der Waals surface area contributed by atoms with Crippen molar-refractivity contribution in [2.75, 3.05) is 19.6 Å². The molecule has 6 nitrogen and oxygen atoms in total. The molecule has 3 atom stereocenters. The normalized spacial score (nSPS) is 25.7. The van der Waals surface area contributed by atoms with Crippen molar-refractivity contribution in [2.24, 2.45) is 4.99 Å². The summed E-state index contributed by atoms with van der Waals surface area (Å²) in [7, 11) is -3.69. The van der Waals surface area contributed by atoms with Gasteiger partial charge in [0.1, 0.15) is 17.5 Å². The van der Waals surface area contributed by atoms with E-state index in [1.165, 1.54) is 24.3 Å². The zero-order valence-electron chi connectivity index (χ0n) is 16.7. The Morgan fingerprint density at radius 1 is 1.10 bits per heavy atom. The van der Waals surface area contributed by atoms with E-state index in [1.54, 1.807) is 18.2 Å². The second-order valence-electron chi connectivity index (χ2n) is 7.65. The van der Waals surface area contributed by atoms with Gasteiger partial charge in [0.15, 0.2) is 0 Å². The predicted octanol–water partition coefficient (Wildman–Crippen LogP) is 2.85. The first-order valence-corrected chi connectivity index (χ1v) is 11.2. The summed E-state index contributed by atoms with van der Waals surface area (Å²) in [5.74, 6) is -1.12. The summed E-state index contributed by atoms with van der Waals surface area (Å²) in [5.41, 5.74) is 0.381. The Hall–Kier alpha value is -2.36. The van der Waals surface area contributed by atoms with Crippen LogP contribution in [0.4, 0.5) is 8.78 Å². The van der Waals surface area contributed by atoms with Crippen LogP contribution in [0.15, 0.2) is 52.4 Å². The topological polar surface area (TPSA) is 71.0 Å². The van der Waals surface area contributed by atoms with Gasteiger partial charge in [-0.2, -0.15) is 0 Å². The van der Waals surface area contributed by atoms with Crippen molar-refractivity contribution in [3.05, 3.63) is 65.2 Å². The first-order valence-electron chi connectivity index (χ1n) is 9.76. The number of amidine groups is 1. The van der Waals surface area contributed by atoms with Crippen LogP contribution in [0.5, 0.6) is 0 Å². The number of benzene rings is 2. The van der Waals surface area contributed by atoms with Crippen LogP contribution in [0.25, 0.3) is 0 Å². The zero-order valence-corrected chi connectivity index (χ0v) is 17.5. The number of ether oxygens (including phenoxy) is 1. The summed E-state index contributed by atoms with van der Waals surface area (Å²) in [6.45, 7) is 4.77. The summed E-state index contributed by atoms with van der Waals surface area (Å²) >= 11 is 0. The maximum Gasteiger partial charge on any atom is 0.263 e. The van der Waals surface area contributed by atoms with E-state index in [1.807, 2.05) is 18.7 Å². The minimum Gasteiger partial charge on any atom is -0.373 e. The first-order chi connectivity index (χ1) is 14.3. The van der Waals surface area contributed by atoms with Gasteiger partial charge in [0.25, 0.3) is 10.0 Å². The van der Waals surface area contributed by atoms with Crippen LogP contribution in [-0.4, -0.2) is 51.0 Å². The van der Waals surface area contributed by atoms with Gasteiger partial charge < -0.3 is 4.74 Å². The number of sulfonamides is 1. The molecule has 1 N–H and O–H groups in total. The zero-order chi connectivity index (χ0) is 21.5. The molecule has 2 aromatic rings. The fourth-order valence-electron chi connectivity index (χ4n) is 4.12. The van der Waals surface area contributed by atoms with Crippen molar-refractivity contribution >= 4 is 15.9 Å². The molecule has 0 bridgehead atoms. The van der Waals surface area contributed by atoms with Crippen LogP contribution in [-0.2, 0) is 14.8 Å². The Labute approximate surface area is 174 Å². The molecule has 1 saturated heterocycles. The molecule has 0 amide bonds. The Kier molecular flexibility index (Phi) is 5.61. The van der Waals surface area contributed by atoms with E-state index in [9.17, 15) is 17.2 Å². The second-order valence-corrected chi connectivity index (χ2v) is 9.30. The maximum atomic E-state index is 14.7. The van der Waals surface area contributed by atoms with E-state index in [-0.39, 0.29) is 35.0 Å². The summed E-state index contributed by atoms with van der Waals surface area (Å²) in [6.07, 6.45) is -0.214. The molecule has 0 aromatic heterocycles. The van der Waals surface area contributed by atoms with Crippen molar-refractivity contribution in [3.8, 4) is 0 Å². The van der Waals surface area contributed by atoms with E-state index in [0.717, 1.165) is 0 Å². The van der Waals surface area contributed by atoms with Gasteiger partial charge in [0.2, 0.25) is 0 Å². The molecule has 2 heterocycles. The van der Waals surface area contributed by atoms with Crippen molar-refractivity contribution in [3.63, 3.8) is 0 Å². The highest BCUT2D eigenvalue weighted by atomic mass is 32.2. The average molecular weight is 435 g/mol. The fraction of sp³-hybridized carbons (Fsp3) is 0.381. The number of fused-ring (bicyclic) bond motifs is 1. The lowest BCUT2D eigenvalue weighted by Gasteiger charge is -2.40. The number of aliphatic imine (C=N–C) groups is 1. The van der Waals surface area contributed by atoms with E-state index >= 15 is 0 Å². The molecule has 2 aliphatic heterocycles. The summed E-state index contributed by atoms with van der Waals surface area (Å²) in [4.78, 5) is 6.54. The molecule has 0 saturated carbocycles. The van der Waals surface area contributed by atoms with Gasteiger partial charge in [-0.1, -0.05) is 18.2 Å². The number of halogens is 2. The molecule has 4 rings (SSSR count). The van der Waals surface area contributed by atoms with Gasteiger partial charge in [-0.05, 0) is 38.1 Å². The highest BCUT2D eigenvalue weighted by Crippen LogP contribution is 2.30. The van der Waals surface area contributed by atoms with E-state index < -0.39 is 27.7 Å². The van der Waals surface area contributed by atoms with Gasteiger partial charge in [-0.25, -0.2) is 17.2 Å². The number of nitrogens with zero attached hydrogens (tertiary/aromatic N) is 2. The molecule has 0 radical (unpaired) electrons. The van der Waals surface area contributed by atoms with Crippen molar-refractivity contribution in [1.29, 1.82) is 0 Å². The molecule has 0 aliphatic carbocycles. The Bertz CT molecular complexity index is 1060. The fourth-order valence-corrected chi connectivity index (χ4v) is 5.37. The summed E-state index contributed by atoms with van der Waals surface area (Å²) in [5, 5.41) is 0. The largest absolute Gasteiger partial charge is 0.373 e. The lowest BCUT2D eigenvalue weighted by molar-refractivity contribution is -0.0805. The van der Waals surface area contributed by atoms with Gasteiger partial charge in [-0.15, -0.1) is 0 Å². The Morgan fingerprint density at radius 3 is 2.40 bits per heavy atom.